The SMILES string of the molecule is CCc1ccc(N(CC)CCN(C)C(=O)C(=O)NC2=CC3CCC(=O)NC3C=C2)cc1. The number of fused-ring (bicyclic) bond motifs is 1. The molecule has 1 aromatic rings. The van der Waals surface area contributed by atoms with Crippen LogP contribution >= 0.6 is 0 Å². The highest BCUT2D eigenvalue weighted by Crippen LogP contribution is 2.24. The van der Waals surface area contributed by atoms with Gasteiger partial charge in [-0.1, -0.05) is 31.2 Å². The van der Waals surface area contributed by atoms with E-state index in [9.17, 15) is 14.4 Å². The van der Waals surface area contributed by atoms with Gasteiger partial charge in [-0.3, -0.25) is 14.4 Å². The number of carbonyl (C=O) groups excluding carboxylic acids is 3. The largest absolute Gasteiger partial charge is 0.370 e. The highest BCUT2D eigenvalue weighted by Gasteiger charge is 2.28. The first-order chi connectivity index (χ1) is 14.9. The Bertz CT molecular complexity index is 875. The van der Waals surface area contributed by atoms with Gasteiger partial charge in [0, 0.05) is 50.4 Å². The van der Waals surface area contributed by atoms with Gasteiger partial charge in [0.1, 0.15) is 0 Å². The van der Waals surface area contributed by atoms with Crippen LogP contribution in [-0.4, -0.2) is 55.3 Å². The Labute approximate surface area is 184 Å². The van der Waals surface area contributed by atoms with E-state index in [0.29, 0.717) is 25.2 Å². The number of amides is 3. The van der Waals surface area contributed by atoms with Crippen LogP contribution in [-0.2, 0) is 20.8 Å². The molecule has 2 N–H and O–H groups in total. The molecule has 0 bridgehead atoms. The van der Waals surface area contributed by atoms with Crippen molar-refractivity contribution in [3.8, 4) is 0 Å². The second-order valence-electron chi connectivity index (χ2n) is 8.06. The summed E-state index contributed by atoms with van der Waals surface area (Å²) in [5.74, 6) is -1.02. The number of rotatable bonds is 7. The average Bonchev–Trinajstić information content (AvgIpc) is 2.79. The van der Waals surface area contributed by atoms with E-state index in [1.165, 1.54) is 10.5 Å². The molecule has 166 valence electrons. The van der Waals surface area contributed by atoms with Crippen LogP contribution in [0.15, 0.2) is 48.2 Å². The van der Waals surface area contributed by atoms with Crippen LogP contribution in [0.2, 0.25) is 0 Å². The van der Waals surface area contributed by atoms with Gasteiger partial charge in [-0.25, -0.2) is 0 Å². The number of hydrogen-bond acceptors (Lipinski definition) is 4. The molecule has 0 spiro atoms. The van der Waals surface area contributed by atoms with E-state index >= 15 is 0 Å². The van der Waals surface area contributed by atoms with E-state index in [1.807, 2.05) is 12.2 Å². The van der Waals surface area contributed by atoms with E-state index in [4.69, 9.17) is 0 Å². The Morgan fingerprint density at radius 1 is 1.16 bits per heavy atom. The molecule has 7 nitrogen and oxygen atoms in total. The third-order valence-electron chi connectivity index (χ3n) is 5.97. The van der Waals surface area contributed by atoms with Crippen molar-refractivity contribution in [1.82, 2.24) is 15.5 Å². The molecule has 1 fully saturated rings. The van der Waals surface area contributed by atoms with Crippen LogP contribution in [0.5, 0.6) is 0 Å². The second-order valence-corrected chi connectivity index (χ2v) is 8.06. The number of likely N-dealkylation sites (N-methyl/N-ethyl adjacent to an activating group) is 2. The number of hydrogen-bond donors (Lipinski definition) is 2. The Morgan fingerprint density at radius 3 is 2.58 bits per heavy atom. The Kier molecular flexibility index (Phi) is 7.50. The maximum Gasteiger partial charge on any atom is 0.313 e. The highest BCUT2D eigenvalue weighted by atomic mass is 16.2. The van der Waals surface area contributed by atoms with Gasteiger partial charge in [0.05, 0.1) is 6.04 Å². The van der Waals surface area contributed by atoms with Crippen molar-refractivity contribution in [2.24, 2.45) is 5.92 Å². The molecule has 2 aliphatic rings. The molecule has 1 aromatic carbocycles. The molecule has 0 radical (unpaired) electrons. The smallest absolute Gasteiger partial charge is 0.313 e. The summed E-state index contributed by atoms with van der Waals surface area (Å²) in [4.78, 5) is 40.2. The Hall–Kier alpha value is -3.09. The van der Waals surface area contributed by atoms with Gasteiger partial charge >= 0.3 is 11.8 Å². The van der Waals surface area contributed by atoms with E-state index in [1.54, 1.807) is 13.1 Å². The summed E-state index contributed by atoms with van der Waals surface area (Å²) in [6.07, 6.45) is 7.75. The van der Waals surface area contributed by atoms with Crippen molar-refractivity contribution in [3.63, 3.8) is 0 Å². The van der Waals surface area contributed by atoms with Gasteiger partial charge in [0.15, 0.2) is 0 Å². The molecule has 0 aromatic heterocycles. The molecular weight excluding hydrogens is 392 g/mol. The molecule has 2 unspecified atom stereocenters. The number of nitrogens with zero attached hydrogens (tertiary/aromatic N) is 2. The fourth-order valence-electron chi connectivity index (χ4n) is 3.94. The van der Waals surface area contributed by atoms with Crippen LogP contribution in [0.3, 0.4) is 0 Å². The lowest BCUT2D eigenvalue weighted by atomic mass is 9.86. The molecule has 1 saturated heterocycles. The van der Waals surface area contributed by atoms with Crippen molar-refractivity contribution in [1.29, 1.82) is 0 Å². The molecule has 3 amide bonds. The predicted molar refractivity (Wildman–Crippen MR) is 121 cm³/mol. The first kappa shape index (κ1) is 22.6. The zero-order chi connectivity index (χ0) is 22.4. The molecule has 7 heteroatoms. The fraction of sp³-hybridized carbons (Fsp3) is 0.458. The number of piperidine rings is 1. The van der Waals surface area contributed by atoms with E-state index < -0.39 is 11.8 Å². The van der Waals surface area contributed by atoms with E-state index in [-0.39, 0.29) is 17.9 Å². The summed E-state index contributed by atoms with van der Waals surface area (Å²) in [5, 5.41) is 5.63. The fourth-order valence-corrected chi connectivity index (χ4v) is 3.94. The minimum atomic E-state index is -0.646. The first-order valence-electron chi connectivity index (χ1n) is 11.0. The maximum atomic E-state index is 12.6. The summed E-state index contributed by atoms with van der Waals surface area (Å²) in [7, 11) is 1.65. The quantitative estimate of drug-likeness (QED) is 0.656. The molecule has 31 heavy (non-hydrogen) atoms. The van der Waals surface area contributed by atoms with E-state index in [2.05, 4.69) is 53.6 Å². The normalized spacial score (nSPS) is 19.7. The topological polar surface area (TPSA) is 81.8 Å². The van der Waals surface area contributed by atoms with Gasteiger partial charge in [-0.2, -0.15) is 0 Å². The zero-order valence-electron chi connectivity index (χ0n) is 18.6. The number of anilines is 1. The van der Waals surface area contributed by atoms with Crippen molar-refractivity contribution in [3.05, 3.63) is 53.8 Å². The minimum Gasteiger partial charge on any atom is -0.370 e. The molecule has 0 saturated carbocycles. The van der Waals surface area contributed by atoms with Crippen LogP contribution in [0.1, 0.15) is 32.3 Å². The molecule has 3 rings (SSSR count). The third-order valence-corrected chi connectivity index (χ3v) is 5.97. The maximum absolute atomic E-state index is 12.6. The van der Waals surface area contributed by atoms with Gasteiger partial charge in [0.2, 0.25) is 5.91 Å². The number of allylic oxidation sites excluding steroid dienone is 1. The summed E-state index contributed by atoms with van der Waals surface area (Å²) in [5.41, 5.74) is 3.00. The standard InChI is InChI=1S/C24H32N4O3/c1-4-17-6-10-20(11-7-17)28(5-2)15-14-27(3)24(31)23(30)25-19-9-12-21-18(16-19)8-13-22(29)26-21/h6-7,9-12,16,18,21H,4-5,8,13-15H2,1-3H3,(H,25,30)(H,26,29). The Balaban J connectivity index is 1.51. The van der Waals surface area contributed by atoms with Gasteiger partial charge in [-0.05, 0) is 43.5 Å². The molecule has 1 heterocycles. The van der Waals surface area contributed by atoms with Gasteiger partial charge in [0.25, 0.3) is 0 Å². The van der Waals surface area contributed by atoms with Crippen LogP contribution < -0.4 is 15.5 Å². The summed E-state index contributed by atoms with van der Waals surface area (Å²) < 4.78 is 0. The van der Waals surface area contributed by atoms with Gasteiger partial charge in [-0.15, -0.1) is 0 Å². The lowest BCUT2D eigenvalue weighted by Gasteiger charge is -2.31. The molecule has 2 atom stereocenters. The van der Waals surface area contributed by atoms with Crippen LogP contribution in [0.25, 0.3) is 0 Å². The number of carbonyl (C=O) groups is 3. The number of benzene rings is 1. The first-order valence-corrected chi connectivity index (χ1v) is 11.0. The second kappa shape index (κ2) is 10.3. The zero-order valence-corrected chi connectivity index (χ0v) is 18.6. The highest BCUT2D eigenvalue weighted by molar-refractivity contribution is 6.35. The van der Waals surface area contributed by atoms with Crippen molar-refractivity contribution in [2.45, 2.75) is 39.2 Å². The Morgan fingerprint density at radius 2 is 1.90 bits per heavy atom. The monoisotopic (exact) mass is 424 g/mol. The molecule has 1 aliphatic carbocycles. The van der Waals surface area contributed by atoms with Gasteiger partial charge < -0.3 is 20.4 Å². The van der Waals surface area contributed by atoms with Crippen LogP contribution in [0, 0.1) is 5.92 Å². The molecular formula is C24H32N4O3. The lowest BCUT2D eigenvalue weighted by molar-refractivity contribution is -0.144. The third kappa shape index (κ3) is 5.75. The van der Waals surface area contributed by atoms with Crippen molar-refractivity contribution in [2.75, 3.05) is 31.6 Å². The molecule has 1 aliphatic heterocycles. The average molecular weight is 425 g/mol. The lowest BCUT2D eigenvalue weighted by Crippen LogP contribution is -2.46. The summed E-state index contributed by atoms with van der Waals surface area (Å²) >= 11 is 0. The van der Waals surface area contributed by atoms with Crippen molar-refractivity contribution < 1.29 is 14.4 Å². The number of aryl methyl sites for hydroxylation is 1. The van der Waals surface area contributed by atoms with Crippen LogP contribution in [0.4, 0.5) is 5.69 Å². The summed E-state index contributed by atoms with van der Waals surface area (Å²) in [6, 6.07) is 8.40. The predicted octanol–water partition coefficient (Wildman–Crippen LogP) is 2.00. The minimum absolute atomic E-state index is 0.0355. The number of nitrogens with one attached hydrogen (secondary N) is 2. The van der Waals surface area contributed by atoms with E-state index in [0.717, 1.165) is 25.1 Å². The van der Waals surface area contributed by atoms with Crippen molar-refractivity contribution >= 4 is 23.4 Å². The summed E-state index contributed by atoms with van der Waals surface area (Å²) in [6.45, 7) is 6.11.